The summed E-state index contributed by atoms with van der Waals surface area (Å²) in [5, 5.41) is 7.07. The summed E-state index contributed by atoms with van der Waals surface area (Å²) in [6, 6.07) is 15.6. The molecule has 29 heavy (non-hydrogen) atoms. The molecular weight excluding hydrogens is 390 g/mol. The molecule has 2 N–H and O–H groups in total. The van der Waals surface area contributed by atoms with Crippen LogP contribution in [0.2, 0.25) is 0 Å². The summed E-state index contributed by atoms with van der Waals surface area (Å²) in [5.74, 6) is -0.272. The van der Waals surface area contributed by atoms with Gasteiger partial charge in [-0.25, -0.2) is 18.1 Å². The molecule has 0 aliphatic rings. The summed E-state index contributed by atoms with van der Waals surface area (Å²) in [6.07, 6.45) is 6.09. The van der Waals surface area contributed by atoms with Crippen LogP contribution in [-0.4, -0.2) is 36.1 Å². The van der Waals surface area contributed by atoms with Crippen molar-refractivity contribution in [2.24, 2.45) is 0 Å². The van der Waals surface area contributed by atoms with Gasteiger partial charge in [-0.2, -0.15) is 5.10 Å². The van der Waals surface area contributed by atoms with Crippen molar-refractivity contribution in [1.82, 2.24) is 24.8 Å². The number of aromatic nitrogens is 3. The number of amides is 1. The highest BCUT2D eigenvalue weighted by Gasteiger charge is 2.14. The second-order valence-corrected chi connectivity index (χ2v) is 8.09. The van der Waals surface area contributed by atoms with E-state index in [1.165, 1.54) is 31.6 Å². The molecule has 3 rings (SSSR count). The van der Waals surface area contributed by atoms with E-state index < -0.39 is 10.0 Å². The molecule has 0 fully saturated rings. The molecule has 150 valence electrons. The molecule has 0 aliphatic carbocycles. The lowest BCUT2D eigenvalue weighted by atomic mass is 10.1. The Morgan fingerprint density at radius 1 is 1.14 bits per heavy atom. The first-order valence-corrected chi connectivity index (χ1v) is 10.4. The molecule has 1 atom stereocenters. The minimum absolute atomic E-state index is 0.165. The molecule has 1 aromatic heterocycles. The standard InChI is InChI=1S/C20H21N5O3S/c1-21-29(27,28)18-10-7-16(8-11-18)9-12-20(26)24-19(13-25-15-22-14-23-25)17-5-3-2-4-6-17/h2-12,14-15,19,21H,13H2,1H3,(H,24,26)/b12-9+. The van der Waals surface area contributed by atoms with E-state index in [1.54, 1.807) is 29.2 Å². The molecule has 1 amide bonds. The highest BCUT2D eigenvalue weighted by atomic mass is 32.2. The summed E-state index contributed by atoms with van der Waals surface area (Å²) in [5.41, 5.74) is 1.66. The average molecular weight is 411 g/mol. The number of carbonyl (C=O) groups excluding carboxylic acids is 1. The smallest absolute Gasteiger partial charge is 0.244 e. The fourth-order valence-corrected chi connectivity index (χ4v) is 3.43. The lowest BCUT2D eigenvalue weighted by Gasteiger charge is -2.18. The Morgan fingerprint density at radius 2 is 1.86 bits per heavy atom. The van der Waals surface area contributed by atoms with Gasteiger partial charge in [-0.15, -0.1) is 0 Å². The Labute approximate surface area is 169 Å². The Kier molecular flexibility index (Phi) is 6.53. The fraction of sp³-hybridized carbons (Fsp3) is 0.150. The summed E-state index contributed by atoms with van der Waals surface area (Å²) >= 11 is 0. The van der Waals surface area contributed by atoms with Crippen LogP contribution in [0.3, 0.4) is 0 Å². The average Bonchev–Trinajstić information content (AvgIpc) is 3.26. The Morgan fingerprint density at radius 3 is 2.48 bits per heavy atom. The molecule has 0 bridgehead atoms. The van der Waals surface area contributed by atoms with Gasteiger partial charge in [-0.1, -0.05) is 42.5 Å². The summed E-state index contributed by atoms with van der Waals surface area (Å²) < 4.78 is 27.4. The third kappa shape index (κ3) is 5.59. The van der Waals surface area contributed by atoms with E-state index in [-0.39, 0.29) is 16.8 Å². The topological polar surface area (TPSA) is 106 Å². The van der Waals surface area contributed by atoms with Gasteiger partial charge in [-0.05, 0) is 36.4 Å². The Bertz CT molecular complexity index is 1060. The molecule has 8 nitrogen and oxygen atoms in total. The van der Waals surface area contributed by atoms with Crippen molar-refractivity contribution in [3.8, 4) is 0 Å². The predicted molar refractivity (Wildman–Crippen MR) is 109 cm³/mol. The minimum atomic E-state index is -3.48. The maximum Gasteiger partial charge on any atom is 0.244 e. The van der Waals surface area contributed by atoms with Crippen molar-refractivity contribution in [2.45, 2.75) is 17.5 Å². The van der Waals surface area contributed by atoms with Crippen LogP contribution in [0.1, 0.15) is 17.2 Å². The van der Waals surface area contributed by atoms with E-state index >= 15 is 0 Å². The monoisotopic (exact) mass is 411 g/mol. The van der Waals surface area contributed by atoms with E-state index in [2.05, 4.69) is 20.1 Å². The highest BCUT2D eigenvalue weighted by Crippen LogP contribution is 2.15. The van der Waals surface area contributed by atoms with Crippen LogP contribution in [0.15, 0.2) is 78.2 Å². The van der Waals surface area contributed by atoms with E-state index in [4.69, 9.17) is 0 Å². The molecule has 0 aliphatic heterocycles. The normalized spacial score (nSPS) is 12.7. The second kappa shape index (κ2) is 9.26. The van der Waals surface area contributed by atoms with E-state index in [1.807, 2.05) is 30.3 Å². The van der Waals surface area contributed by atoms with Gasteiger partial charge in [0.05, 0.1) is 17.5 Å². The van der Waals surface area contributed by atoms with Crippen LogP contribution in [0.5, 0.6) is 0 Å². The summed E-state index contributed by atoms with van der Waals surface area (Å²) in [6.45, 7) is 0.445. The van der Waals surface area contributed by atoms with E-state index in [0.29, 0.717) is 12.1 Å². The third-order valence-electron chi connectivity index (χ3n) is 4.24. The van der Waals surface area contributed by atoms with Crippen molar-refractivity contribution >= 4 is 22.0 Å². The summed E-state index contributed by atoms with van der Waals surface area (Å²) in [7, 11) is -2.13. The maximum atomic E-state index is 12.5. The van der Waals surface area contributed by atoms with Gasteiger partial charge < -0.3 is 5.32 Å². The molecular formula is C20H21N5O3S. The second-order valence-electron chi connectivity index (χ2n) is 6.20. The van der Waals surface area contributed by atoms with Crippen LogP contribution in [0.4, 0.5) is 0 Å². The molecule has 0 saturated carbocycles. The summed E-state index contributed by atoms with van der Waals surface area (Å²) in [4.78, 5) is 16.5. The molecule has 2 aromatic carbocycles. The van der Waals surface area contributed by atoms with Gasteiger partial charge in [0.25, 0.3) is 0 Å². The maximum absolute atomic E-state index is 12.5. The van der Waals surface area contributed by atoms with Gasteiger partial charge in [0.15, 0.2) is 0 Å². The van der Waals surface area contributed by atoms with Crippen LogP contribution in [0, 0.1) is 0 Å². The number of sulfonamides is 1. The first-order chi connectivity index (χ1) is 14.0. The molecule has 1 unspecified atom stereocenters. The van der Waals surface area contributed by atoms with Gasteiger partial charge in [-0.3, -0.25) is 9.48 Å². The number of nitrogens with one attached hydrogen (secondary N) is 2. The molecule has 3 aromatic rings. The SMILES string of the molecule is CNS(=O)(=O)c1ccc(/C=C/C(=O)NC(Cn2cncn2)c2ccccc2)cc1. The number of rotatable bonds is 8. The minimum Gasteiger partial charge on any atom is -0.344 e. The number of hydrogen-bond donors (Lipinski definition) is 2. The largest absolute Gasteiger partial charge is 0.344 e. The van der Waals surface area contributed by atoms with Crippen LogP contribution in [-0.2, 0) is 21.4 Å². The van der Waals surface area contributed by atoms with Crippen molar-refractivity contribution in [1.29, 1.82) is 0 Å². The van der Waals surface area contributed by atoms with E-state index in [9.17, 15) is 13.2 Å². The van der Waals surface area contributed by atoms with Gasteiger partial charge >= 0.3 is 0 Å². The highest BCUT2D eigenvalue weighted by molar-refractivity contribution is 7.89. The Hall–Kier alpha value is -3.30. The number of nitrogens with zero attached hydrogens (tertiary/aromatic N) is 3. The first-order valence-electron chi connectivity index (χ1n) is 8.87. The molecule has 1 heterocycles. The van der Waals surface area contributed by atoms with Crippen molar-refractivity contribution < 1.29 is 13.2 Å². The number of hydrogen-bond acceptors (Lipinski definition) is 5. The Balaban J connectivity index is 1.69. The zero-order chi connectivity index (χ0) is 20.7. The molecule has 0 radical (unpaired) electrons. The number of carbonyl (C=O) groups is 1. The zero-order valence-electron chi connectivity index (χ0n) is 15.8. The van der Waals surface area contributed by atoms with Crippen LogP contribution < -0.4 is 10.0 Å². The lowest BCUT2D eigenvalue weighted by molar-refractivity contribution is -0.117. The van der Waals surface area contributed by atoms with Crippen molar-refractivity contribution in [3.05, 3.63) is 84.5 Å². The first kappa shape index (κ1) is 20.4. The van der Waals surface area contributed by atoms with Crippen LogP contribution >= 0.6 is 0 Å². The van der Waals surface area contributed by atoms with Gasteiger partial charge in [0.1, 0.15) is 12.7 Å². The predicted octanol–water partition coefficient (Wildman–Crippen LogP) is 1.76. The number of benzene rings is 2. The molecule has 0 spiro atoms. The quantitative estimate of drug-likeness (QED) is 0.550. The van der Waals surface area contributed by atoms with Crippen molar-refractivity contribution in [2.75, 3.05) is 7.05 Å². The zero-order valence-corrected chi connectivity index (χ0v) is 16.6. The fourth-order valence-electron chi connectivity index (χ4n) is 2.70. The van der Waals surface area contributed by atoms with Crippen molar-refractivity contribution in [3.63, 3.8) is 0 Å². The van der Waals surface area contributed by atoms with Gasteiger partial charge in [0, 0.05) is 6.08 Å². The lowest BCUT2D eigenvalue weighted by Crippen LogP contribution is -2.30. The van der Waals surface area contributed by atoms with Crippen LogP contribution in [0.25, 0.3) is 6.08 Å². The van der Waals surface area contributed by atoms with E-state index in [0.717, 1.165) is 5.56 Å². The van der Waals surface area contributed by atoms with Gasteiger partial charge in [0.2, 0.25) is 15.9 Å². The molecule has 0 saturated heterocycles. The third-order valence-corrected chi connectivity index (χ3v) is 5.67. The molecule has 9 heteroatoms.